The number of nitrogens with zero attached hydrogens (tertiary/aromatic N) is 4. The van der Waals surface area contributed by atoms with Gasteiger partial charge in [-0.1, -0.05) is 11.6 Å². The quantitative estimate of drug-likeness (QED) is 0.934. The van der Waals surface area contributed by atoms with E-state index in [1.54, 1.807) is 25.6 Å². The standard InChI is InChI=1S/C14H16ClN5O/c1-21-12-4-7-17-14(19-12)18-10-5-8-20(9-10)13-11(15)3-2-6-16-13/h2-4,6-7,10H,5,8-9H2,1H3,(H,17,18,19). The molecule has 0 saturated carbocycles. The Balaban J connectivity index is 1.66. The summed E-state index contributed by atoms with van der Waals surface area (Å²) in [5, 5.41) is 4.00. The summed E-state index contributed by atoms with van der Waals surface area (Å²) in [7, 11) is 1.59. The monoisotopic (exact) mass is 305 g/mol. The molecular weight excluding hydrogens is 290 g/mol. The normalized spacial score (nSPS) is 17.8. The van der Waals surface area contributed by atoms with Crippen LogP contribution in [-0.4, -0.2) is 41.2 Å². The third-order valence-corrected chi connectivity index (χ3v) is 3.69. The number of halogens is 1. The van der Waals surface area contributed by atoms with Gasteiger partial charge >= 0.3 is 0 Å². The lowest BCUT2D eigenvalue weighted by molar-refractivity contribution is 0.397. The van der Waals surface area contributed by atoms with Crippen molar-refractivity contribution >= 4 is 23.4 Å². The van der Waals surface area contributed by atoms with E-state index in [0.29, 0.717) is 16.9 Å². The Morgan fingerprint density at radius 2 is 2.24 bits per heavy atom. The lowest BCUT2D eigenvalue weighted by Crippen LogP contribution is -2.27. The Hall–Kier alpha value is -2.08. The molecule has 3 heterocycles. The average molecular weight is 306 g/mol. The van der Waals surface area contributed by atoms with Gasteiger partial charge in [0.15, 0.2) is 0 Å². The summed E-state index contributed by atoms with van der Waals surface area (Å²) in [5.41, 5.74) is 0. The van der Waals surface area contributed by atoms with Crippen molar-refractivity contribution in [1.82, 2.24) is 15.0 Å². The third kappa shape index (κ3) is 3.16. The summed E-state index contributed by atoms with van der Waals surface area (Å²) in [6.45, 7) is 1.72. The van der Waals surface area contributed by atoms with Gasteiger partial charge in [0, 0.05) is 37.6 Å². The van der Waals surface area contributed by atoms with Crippen molar-refractivity contribution in [2.45, 2.75) is 12.5 Å². The summed E-state index contributed by atoms with van der Waals surface area (Å²) in [4.78, 5) is 15.0. The van der Waals surface area contributed by atoms with E-state index in [1.807, 2.05) is 12.1 Å². The summed E-state index contributed by atoms with van der Waals surface area (Å²) in [6.07, 6.45) is 4.41. The maximum Gasteiger partial charge on any atom is 0.226 e. The number of rotatable bonds is 4. The van der Waals surface area contributed by atoms with E-state index in [1.165, 1.54) is 0 Å². The van der Waals surface area contributed by atoms with Crippen LogP contribution in [0.5, 0.6) is 5.88 Å². The second-order valence-electron chi connectivity index (χ2n) is 4.81. The molecule has 1 N–H and O–H groups in total. The fourth-order valence-corrected chi connectivity index (χ4v) is 2.63. The first kappa shape index (κ1) is 13.9. The van der Waals surface area contributed by atoms with Crippen molar-refractivity contribution in [2.75, 3.05) is 30.4 Å². The number of methoxy groups -OCH3 is 1. The number of hydrogen-bond donors (Lipinski definition) is 1. The van der Waals surface area contributed by atoms with E-state index in [0.717, 1.165) is 25.3 Å². The predicted octanol–water partition coefficient (Wildman–Crippen LogP) is 2.22. The van der Waals surface area contributed by atoms with Gasteiger partial charge in [-0.05, 0) is 18.6 Å². The van der Waals surface area contributed by atoms with Gasteiger partial charge < -0.3 is 15.0 Å². The molecule has 1 fully saturated rings. The molecular formula is C14H16ClN5O. The molecule has 6 nitrogen and oxygen atoms in total. The van der Waals surface area contributed by atoms with Crippen LogP contribution in [-0.2, 0) is 0 Å². The zero-order valence-electron chi connectivity index (χ0n) is 11.7. The highest BCUT2D eigenvalue weighted by Gasteiger charge is 2.25. The fourth-order valence-electron chi connectivity index (χ4n) is 2.39. The molecule has 1 aliphatic heterocycles. The van der Waals surface area contributed by atoms with E-state index >= 15 is 0 Å². The van der Waals surface area contributed by atoms with Gasteiger partial charge in [-0.2, -0.15) is 4.98 Å². The third-order valence-electron chi connectivity index (χ3n) is 3.40. The van der Waals surface area contributed by atoms with Gasteiger partial charge in [0.1, 0.15) is 5.82 Å². The maximum absolute atomic E-state index is 6.19. The molecule has 0 amide bonds. The molecule has 0 radical (unpaired) electrons. The first-order chi connectivity index (χ1) is 10.3. The topological polar surface area (TPSA) is 63.2 Å². The van der Waals surface area contributed by atoms with Crippen molar-refractivity contribution in [1.29, 1.82) is 0 Å². The molecule has 0 bridgehead atoms. The minimum absolute atomic E-state index is 0.259. The number of nitrogens with one attached hydrogen (secondary N) is 1. The average Bonchev–Trinajstić information content (AvgIpc) is 2.96. The summed E-state index contributed by atoms with van der Waals surface area (Å²) in [6, 6.07) is 5.67. The molecule has 110 valence electrons. The van der Waals surface area contributed by atoms with Crippen LogP contribution in [0.25, 0.3) is 0 Å². The molecule has 1 atom stereocenters. The number of ether oxygens (including phenoxy) is 1. The number of anilines is 2. The van der Waals surface area contributed by atoms with E-state index in [-0.39, 0.29) is 6.04 Å². The van der Waals surface area contributed by atoms with Gasteiger partial charge in [-0.25, -0.2) is 9.97 Å². The van der Waals surface area contributed by atoms with Gasteiger partial charge in [-0.15, -0.1) is 0 Å². The van der Waals surface area contributed by atoms with Crippen molar-refractivity contribution in [3.05, 3.63) is 35.6 Å². The van der Waals surface area contributed by atoms with Gasteiger partial charge in [0.25, 0.3) is 0 Å². The van der Waals surface area contributed by atoms with Crippen LogP contribution in [0.3, 0.4) is 0 Å². The minimum atomic E-state index is 0.259. The van der Waals surface area contributed by atoms with E-state index in [2.05, 4.69) is 25.2 Å². The Morgan fingerprint density at radius 3 is 3.05 bits per heavy atom. The Bertz CT molecular complexity index is 624. The first-order valence-electron chi connectivity index (χ1n) is 6.75. The van der Waals surface area contributed by atoms with E-state index < -0.39 is 0 Å². The summed E-state index contributed by atoms with van der Waals surface area (Å²) in [5.74, 6) is 1.96. The van der Waals surface area contributed by atoms with Crippen molar-refractivity contribution in [3.63, 3.8) is 0 Å². The molecule has 7 heteroatoms. The van der Waals surface area contributed by atoms with Crippen LogP contribution in [0.15, 0.2) is 30.6 Å². The Kier molecular flexibility index (Phi) is 4.06. The Labute approximate surface area is 128 Å². The number of pyridine rings is 1. The smallest absolute Gasteiger partial charge is 0.226 e. The van der Waals surface area contributed by atoms with Gasteiger partial charge in [0.05, 0.1) is 12.1 Å². The van der Waals surface area contributed by atoms with Gasteiger partial charge in [-0.3, -0.25) is 0 Å². The molecule has 21 heavy (non-hydrogen) atoms. The van der Waals surface area contributed by atoms with Crippen LogP contribution in [0.1, 0.15) is 6.42 Å². The largest absolute Gasteiger partial charge is 0.481 e. The van der Waals surface area contributed by atoms with Crippen molar-refractivity contribution < 1.29 is 4.74 Å². The molecule has 1 aliphatic rings. The summed E-state index contributed by atoms with van der Waals surface area (Å²) >= 11 is 6.19. The molecule has 1 saturated heterocycles. The van der Waals surface area contributed by atoms with Crippen LogP contribution in [0, 0.1) is 0 Å². The maximum atomic E-state index is 6.19. The molecule has 0 aliphatic carbocycles. The van der Waals surface area contributed by atoms with Crippen molar-refractivity contribution in [2.24, 2.45) is 0 Å². The lowest BCUT2D eigenvalue weighted by atomic mass is 10.3. The molecule has 2 aromatic heterocycles. The SMILES string of the molecule is COc1ccnc(NC2CCN(c3ncccc3Cl)C2)n1. The highest BCUT2D eigenvalue weighted by molar-refractivity contribution is 6.32. The molecule has 1 unspecified atom stereocenters. The first-order valence-corrected chi connectivity index (χ1v) is 7.13. The molecule has 0 spiro atoms. The van der Waals surface area contributed by atoms with E-state index in [4.69, 9.17) is 16.3 Å². The van der Waals surface area contributed by atoms with E-state index in [9.17, 15) is 0 Å². The van der Waals surface area contributed by atoms with Crippen LogP contribution in [0.4, 0.5) is 11.8 Å². The summed E-state index contributed by atoms with van der Waals surface area (Å²) < 4.78 is 5.10. The van der Waals surface area contributed by atoms with Crippen LogP contribution in [0.2, 0.25) is 5.02 Å². The number of aromatic nitrogens is 3. The minimum Gasteiger partial charge on any atom is -0.481 e. The molecule has 0 aromatic carbocycles. The van der Waals surface area contributed by atoms with Crippen molar-refractivity contribution in [3.8, 4) is 5.88 Å². The lowest BCUT2D eigenvalue weighted by Gasteiger charge is -2.18. The predicted molar refractivity (Wildman–Crippen MR) is 82.1 cm³/mol. The zero-order chi connectivity index (χ0) is 14.7. The highest BCUT2D eigenvalue weighted by atomic mass is 35.5. The molecule has 2 aromatic rings. The van der Waals surface area contributed by atoms with Gasteiger partial charge in [0.2, 0.25) is 11.8 Å². The second kappa shape index (κ2) is 6.13. The fraction of sp³-hybridized carbons (Fsp3) is 0.357. The number of hydrogen-bond acceptors (Lipinski definition) is 6. The highest BCUT2D eigenvalue weighted by Crippen LogP contribution is 2.26. The van der Waals surface area contributed by atoms with Crippen LogP contribution >= 0.6 is 11.6 Å². The molecule has 3 rings (SSSR count). The zero-order valence-corrected chi connectivity index (χ0v) is 12.4. The Morgan fingerprint density at radius 1 is 1.33 bits per heavy atom. The van der Waals surface area contributed by atoms with Crippen LogP contribution < -0.4 is 15.0 Å². The second-order valence-corrected chi connectivity index (χ2v) is 5.21.